The standard InChI is InChI=1S/C25H26N2O4/c28-23-16-19-8-4-5-12-22(19)24(23)27-25(29)26-20-9-6-7-18(15-20)17-30-13-14-31-21-10-2-1-3-11-21/h1-12,15,23-24,28H,13-14,16-17H2,(H2,26,27,29)/t23-,24+/m0/s1. The minimum absolute atomic E-state index is 0.352. The van der Waals surface area contributed by atoms with Crippen molar-refractivity contribution in [3.8, 4) is 5.75 Å². The first-order chi connectivity index (χ1) is 15.2. The topological polar surface area (TPSA) is 79.8 Å². The summed E-state index contributed by atoms with van der Waals surface area (Å²) in [6.45, 7) is 1.35. The molecular formula is C25H26N2O4. The molecule has 0 fully saturated rings. The van der Waals surface area contributed by atoms with E-state index in [0.717, 1.165) is 22.4 Å². The predicted molar refractivity (Wildman–Crippen MR) is 119 cm³/mol. The lowest BCUT2D eigenvalue weighted by atomic mass is 10.1. The molecule has 0 heterocycles. The van der Waals surface area contributed by atoms with Crippen LogP contribution in [0.5, 0.6) is 5.75 Å². The van der Waals surface area contributed by atoms with Crippen LogP contribution >= 0.6 is 0 Å². The molecule has 6 heteroatoms. The average molecular weight is 418 g/mol. The van der Waals surface area contributed by atoms with Crippen molar-refractivity contribution in [3.05, 3.63) is 95.6 Å². The average Bonchev–Trinajstić information content (AvgIpc) is 3.09. The van der Waals surface area contributed by atoms with Gasteiger partial charge in [0.2, 0.25) is 0 Å². The van der Waals surface area contributed by atoms with E-state index in [9.17, 15) is 9.90 Å². The quantitative estimate of drug-likeness (QED) is 0.482. The smallest absolute Gasteiger partial charge is 0.319 e. The Kier molecular flexibility index (Phi) is 6.82. The highest BCUT2D eigenvalue weighted by Crippen LogP contribution is 2.31. The van der Waals surface area contributed by atoms with Crippen molar-refractivity contribution in [3.63, 3.8) is 0 Å². The Labute approximate surface area is 181 Å². The van der Waals surface area contributed by atoms with Crippen LogP contribution in [0.2, 0.25) is 0 Å². The Hall–Kier alpha value is -3.35. The van der Waals surface area contributed by atoms with Gasteiger partial charge in [0.1, 0.15) is 12.4 Å². The zero-order valence-corrected chi connectivity index (χ0v) is 17.2. The van der Waals surface area contributed by atoms with Crippen molar-refractivity contribution < 1.29 is 19.4 Å². The number of rotatable bonds is 8. The molecule has 2 amide bonds. The summed E-state index contributed by atoms with van der Waals surface area (Å²) in [4.78, 5) is 12.5. The Morgan fingerprint density at radius 3 is 2.65 bits per heavy atom. The highest BCUT2D eigenvalue weighted by molar-refractivity contribution is 5.89. The van der Waals surface area contributed by atoms with Crippen molar-refractivity contribution in [2.24, 2.45) is 0 Å². The summed E-state index contributed by atoms with van der Waals surface area (Å²) in [5.41, 5.74) is 3.64. The van der Waals surface area contributed by atoms with Gasteiger partial charge in [0, 0.05) is 12.1 Å². The number of nitrogens with one attached hydrogen (secondary N) is 2. The Morgan fingerprint density at radius 2 is 1.77 bits per heavy atom. The van der Waals surface area contributed by atoms with Crippen molar-refractivity contribution >= 4 is 11.7 Å². The number of urea groups is 1. The second-order valence-corrected chi connectivity index (χ2v) is 7.46. The van der Waals surface area contributed by atoms with Crippen LogP contribution in [-0.2, 0) is 17.8 Å². The normalized spacial score (nSPS) is 17.1. The highest BCUT2D eigenvalue weighted by Gasteiger charge is 2.31. The van der Waals surface area contributed by atoms with E-state index in [4.69, 9.17) is 9.47 Å². The van der Waals surface area contributed by atoms with E-state index in [0.29, 0.717) is 31.9 Å². The van der Waals surface area contributed by atoms with Crippen LogP contribution in [0.4, 0.5) is 10.5 Å². The number of amides is 2. The molecule has 1 aliphatic rings. The maximum absolute atomic E-state index is 12.5. The second-order valence-electron chi connectivity index (χ2n) is 7.46. The van der Waals surface area contributed by atoms with Crippen LogP contribution in [0.3, 0.4) is 0 Å². The molecule has 3 aromatic rings. The molecule has 0 saturated carbocycles. The SMILES string of the molecule is O=C(Nc1cccc(COCCOc2ccccc2)c1)N[C@@H]1c2ccccc2C[C@@H]1O. The number of aliphatic hydroxyl groups is 1. The van der Waals surface area contributed by atoms with Crippen LogP contribution in [0.25, 0.3) is 0 Å². The molecule has 3 aromatic carbocycles. The number of carbonyl (C=O) groups is 1. The summed E-state index contributed by atoms with van der Waals surface area (Å²) >= 11 is 0. The van der Waals surface area contributed by atoms with Gasteiger partial charge in [0.25, 0.3) is 0 Å². The summed E-state index contributed by atoms with van der Waals surface area (Å²) in [6.07, 6.45) is -0.0805. The molecule has 0 aliphatic heterocycles. The maximum atomic E-state index is 12.5. The molecule has 160 valence electrons. The van der Waals surface area contributed by atoms with Crippen LogP contribution in [0, 0.1) is 0 Å². The van der Waals surface area contributed by atoms with E-state index in [1.807, 2.05) is 78.9 Å². The monoisotopic (exact) mass is 418 g/mol. The Balaban J connectivity index is 1.24. The van der Waals surface area contributed by atoms with E-state index in [1.165, 1.54) is 0 Å². The number of hydrogen-bond acceptors (Lipinski definition) is 4. The molecular weight excluding hydrogens is 392 g/mol. The largest absolute Gasteiger partial charge is 0.491 e. The number of para-hydroxylation sites is 1. The van der Waals surface area contributed by atoms with Gasteiger partial charge in [-0.25, -0.2) is 4.79 Å². The third kappa shape index (κ3) is 5.63. The fourth-order valence-electron chi connectivity index (χ4n) is 3.72. The van der Waals surface area contributed by atoms with Crippen molar-refractivity contribution in [1.29, 1.82) is 0 Å². The van der Waals surface area contributed by atoms with Crippen LogP contribution < -0.4 is 15.4 Å². The zero-order chi connectivity index (χ0) is 21.5. The van der Waals surface area contributed by atoms with E-state index in [-0.39, 0.29) is 6.03 Å². The molecule has 0 aromatic heterocycles. The van der Waals surface area contributed by atoms with Gasteiger partial charge >= 0.3 is 6.03 Å². The van der Waals surface area contributed by atoms with Gasteiger partial charge in [-0.05, 0) is 41.0 Å². The zero-order valence-electron chi connectivity index (χ0n) is 17.2. The third-order valence-corrected chi connectivity index (χ3v) is 5.18. The van der Waals surface area contributed by atoms with Crippen LogP contribution in [0.1, 0.15) is 22.7 Å². The molecule has 1 aliphatic carbocycles. The minimum atomic E-state index is -0.624. The number of benzene rings is 3. The molecule has 6 nitrogen and oxygen atoms in total. The molecule has 3 N–H and O–H groups in total. The van der Waals surface area contributed by atoms with Gasteiger partial charge in [-0.15, -0.1) is 0 Å². The minimum Gasteiger partial charge on any atom is -0.491 e. The van der Waals surface area contributed by atoms with E-state index < -0.39 is 12.1 Å². The number of ether oxygens (including phenoxy) is 2. The highest BCUT2D eigenvalue weighted by atomic mass is 16.5. The summed E-state index contributed by atoms with van der Waals surface area (Å²) in [5, 5.41) is 16.0. The molecule has 2 atom stereocenters. The second kappa shape index (κ2) is 10.1. The molecule has 0 radical (unpaired) electrons. The van der Waals surface area contributed by atoms with Gasteiger partial charge in [-0.2, -0.15) is 0 Å². The maximum Gasteiger partial charge on any atom is 0.319 e. The summed E-state index contributed by atoms with van der Waals surface area (Å²) in [7, 11) is 0. The van der Waals surface area contributed by atoms with Gasteiger partial charge in [0.15, 0.2) is 0 Å². The first-order valence-corrected chi connectivity index (χ1v) is 10.4. The summed E-state index contributed by atoms with van der Waals surface area (Å²) < 4.78 is 11.3. The Morgan fingerprint density at radius 1 is 0.968 bits per heavy atom. The first kappa shape index (κ1) is 20.9. The van der Waals surface area contributed by atoms with Gasteiger partial charge in [-0.1, -0.05) is 54.6 Å². The van der Waals surface area contributed by atoms with E-state index >= 15 is 0 Å². The molecule has 0 unspecified atom stereocenters. The molecule has 0 bridgehead atoms. The lowest BCUT2D eigenvalue weighted by Gasteiger charge is -2.18. The number of fused-ring (bicyclic) bond motifs is 1. The molecule has 31 heavy (non-hydrogen) atoms. The van der Waals surface area contributed by atoms with Crippen molar-refractivity contribution in [2.75, 3.05) is 18.5 Å². The van der Waals surface area contributed by atoms with Crippen molar-refractivity contribution in [1.82, 2.24) is 5.32 Å². The predicted octanol–water partition coefficient (Wildman–Crippen LogP) is 4.06. The van der Waals surface area contributed by atoms with E-state index in [2.05, 4.69) is 10.6 Å². The summed E-state index contributed by atoms with van der Waals surface area (Å²) in [5.74, 6) is 0.818. The lowest BCUT2D eigenvalue weighted by Crippen LogP contribution is -2.36. The lowest BCUT2D eigenvalue weighted by molar-refractivity contribution is 0.0889. The summed E-state index contributed by atoms with van der Waals surface area (Å²) in [6, 6.07) is 24.1. The molecule has 0 saturated heterocycles. The van der Waals surface area contributed by atoms with Gasteiger partial charge in [-0.3, -0.25) is 0 Å². The van der Waals surface area contributed by atoms with Crippen LogP contribution in [0.15, 0.2) is 78.9 Å². The number of anilines is 1. The van der Waals surface area contributed by atoms with E-state index in [1.54, 1.807) is 0 Å². The first-order valence-electron chi connectivity index (χ1n) is 10.4. The Bertz CT molecular complexity index is 1010. The van der Waals surface area contributed by atoms with Crippen LogP contribution in [-0.4, -0.2) is 30.5 Å². The molecule has 4 rings (SSSR count). The molecule has 0 spiro atoms. The number of hydrogen-bond donors (Lipinski definition) is 3. The van der Waals surface area contributed by atoms with Gasteiger partial charge in [0.05, 0.1) is 25.4 Å². The third-order valence-electron chi connectivity index (χ3n) is 5.18. The van der Waals surface area contributed by atoms with Crippen molar-refractivity contribution in [2.45, 2.75) is 25.2 Å². The van der Waals surface area contributed by atoms with Gasteiger partial charge < -0.3 is 25.2 Å². The number of aliphatic hydroxyl groups excluding tert-OH is 1. The fourth-order valence-corrected chi connectivity index (χ4v) is 3.72. The number of carbonyl (C=O) groups excluding carboxylic acids is 1. The fraction of sp³-hybridized carbons (Fsp3) is 0.240.